The largest absolute Gasteiger partial charge is 0.490 e. The molecule has 1 aliphatic heterocycles. The fourth-order valence-corrected chi connectivity index (χ4v) is 3.06. The number of ether oxygens (including phenoxy) is 2. The van der Waals surface area contributed by atoms with E-state index >= 15 is 0 Å². The van der Waals surface area contributed by atoms with Gasteiger partial charge in [0.1, 0.15) is 0 Å². The lowest BCUT2D eigenvalue weighted by molar-refractivity contribution is -0.120. The van der Waals surface area contributed by atoms with Crippen LogP contribution in [0, 0.1) is 0 Å². The number of thioether (sulfide) groups is 1. The standard InChI is InChI=1S/C18H19NO3S/c1-3-21-16-9-4-6-13-11-19(17(20)12-22-18(13)16)14-7-5-8-15(10-14)23-2/h4-10H,3,11-12H2,1-2H3. The molecule has 0 bridgehead atoms. The van der Waals surface area contributed by atoms with Gasteiger partial charge in [-0.05, 0) is 37.4 Å². The molecule has 120 valence electrons. The number of anilines is 1. The van der Waals surface area contributed by atoms with Crippen molar-refractivity contribution in [3.8, 4) is 11.5 Å². The van der Waals surface area contributed by atoms with Gasteiger partial charge in [0, 0.05) is 16.1 Å². The van der Waals surface area contributed by atoms with Crippen LogP contribution in [0.1, 0.15) is 12.5 Å². The molecule has 1 amide bonds. The van der Waals surface area contributed by atoms with Crippen LogP contribution in [0.5, 0.6) is 11.5 Å². The van der Waals surface area contributed by atoms with Crippen LogP contribution in [0.3, 0.4) is 0 Å². The van der Waals surface area contributed by atoms with Crippen molar-refractivity contribution in [2.24, 2.45) is 0 Å². The summed E-state index contributed by atoms with van der Waals surface area (Å²) in [6.45, 7) is 2.99. The minimum absolute atomic E-state index is 0.0145. The summed E-state index contributed by atoms with van der Waals surface area (Å²) in [5.41, 5.74) is 1.84. The third-order valence-electron chi connectivity index (χ3n) is 3.69. The van der Waals surface area contributed by atoms with E-state index in [1.54, 1.807) is 16.7 Å². The predicted molar refractivity (Wildman–Crippen MR) is 92.5 cm³/mol. The van der Waals surface area contributed by atoms with Gasteiger partial charge >= 0.3 is 0 Å². The van der Waals surface area contributed by atoms with Crippen LogP contribution in [0.25, 0.3) is 0 Å². The normalized spacial score (nSPS) is 14.0. The molecule has 5 heteroatoms. The summed E-state index contributed by atoms with van der Waals surface area (Å²) in [7, 11) is 0. The van der Waals surface area contributed by atoms with E-state index in [0.29, 0.717) is 24.7 Å². The molecule has 0 aliphatic carbocycles. The van der Waals surface area contributed by atoms with Crippen molar-refractivity contribution in [1.82, 2.24) is 0 Å². The van der Waals surface area contributed by atoms with Crippen molar-refractivity contribution in [2.75, 3.05) is 24.4 Å². The second-order valence-electron chi connectivity index (χ2n) is 5.15. The lowest BCUT2D eigenvalue weighted by atomic mass is 10.1. The van der Waals surface area contributed by atoms with Gasteiger partial charge in [-0.1, -0.05) is 18.2 Å². The molecule has 0 saturated heterocycles. The lowest BCUT2D eigenvalue weighted by Crippen LogP contribution is -2.32. The molecule has 0 radical (unpaired) electrons. The van der Waals surface area contributed by atoms with Crippen molar-refractivity contribution in [3.05, 3.63) is 48.0 Å². The number of hydrogen-bond donors (Lipinski definition) is 0. The van der Waals surface area contributed by atoms with Crippen LogP contribution in [-0.4, -0.2) is 25.4 Å². The Morgan fingerprint density at radius 1 is 1.26 bits per heavy atom. The number of hydrogen-bond acceptors (Lipinski definition) is 4. The minimum Gasteiger partial charge on any atom is -0.490 e. The zero-order chi connectivity index (χ0) is 16.2. The number of fused-ring (bicyclic) bond motifs is 1. The number of rotatable bonds is 4. The van der Waals surface area contributed by atoms with Crippen molar-refractivity contribution >= 4 is 23.4 Å². The maximum atomic E-state index is 12.5. The van der Waals surface area contributed by atoms with Crippen molar-refractivity contribution in [1.29, 1.82) is 0 Å². The molecule has 4 nitrogen and oxygen atoms in total. The van der Waals surface area contributed by atoms with Crippen LogP contribution in [0.2, 0.25) is 0 Å². The Kier molecular flexibility index (Phi) is 4.76. The van der Waals surface area contributed by atoms with Crippen LogP contribution in [0.4, 0.5) is 5.69 Å². The van der Waals surface area contributed by atoms with Gasteiger partial charge in [0.15, 0.2) is 18.1 Å². The van der Waals surface area contributed by atoms with E-state index in [9.17, 15) is 4.79 Å². The highest BCUT2D eigenvalue weighted by Gasteiger charge is 2.25. The van der Waals surface area contributed by atoms with Crippen molar-refractivity contribution in [2.45, 2.75) is 18.4 Å². The minimum atomic E-state index is -0.0538. The van der Waals surface area contributed by atoms with E-state index in [4.69, 9.17) is 9.47 Å². The van der Waals surface area contributed by atoms with Crippen molar-refractivity contribution in [3.63, 3.8) is 0 Å². The number of nitrogens with zero attached hydrogens (tertiary/aromatic N) is 1. The third-order valence-corrected chi connectivity index (χ3v) is 4.42. The molecule has 0 atom stereocenters. The molecule has 1 heterocycles. The van der Waals surface area contributed by atoms with Crippen molar-refractivity contribution < 1.29 is 14.3 Å². The Balaban J connectivity index is 1.97. The number of carbonyl (C=O) groups excluding carboxylic acids is 1. The Morgan fingerprint density at radius 3 is 2.87 bits per heavy atom. The van der Waals surface area contributed by atoms with Gasteiger partial charge in [0.2, 0.25) is 0 Å². The Hall–Kier alpha value is -2.14. The van der Waals surface area contributed by atoms with E-state index in [1.807, 2.05) is 55.6 Å². The number of para-hydroxylation sites is 1. The van der Waals surface area contributed by atoms with E-state index < -0.39 is 0 Å². The summed E-state index contributed by atoms with van der Waals surface area (Å²) in [6.07, 6.45) is 2.02. The van der Waals surface area contributed by atoms with Crippen LogP contribution in [0.15, 0.2) is 47.4 Å². The topological polar surface area (TPSA) is 38.8 Å². The molecule has 0 unspecified atom stereocenters. The molecule has 2 aromatic carbocycles. The van der Waals surface area contributed by atoms with Gasteiger partial charge in [0.05, 0.1) is 13.2 Å². The molecule has 0 spiro atoms. The predicted octanol–water partition coefficient (Wildman–Crippen LogP) is 3.73. The van der Waals surface area contributed by atoms with Gasteiger partial charge < -0.3 is 14.4 Å². The summed E-state index contributed by atoms with van der Waals surface area (Å²) in [5, 5.41) is 0. The Bertz CT molecular complexity index is 717. The van der Waals surface area contributed by atoms with E-state index in [0.717, 1.165) is 16.1 Å². The van der Waals surface area contributed by atoms with Crippen LogP contribution in [-0.2, 0) is 11.3 Å². The maximum Gasteiger partial charge on any atom is 0.265 e. The first-order chi connectivity index (χ1) is 11.2. The second kappa shape index (κ2) is 6.96. The quantitative estimate of drug-likeness (QED) is 0.801. The fourth-order valence-electron chi connectivity index (χ4n) is 2.60. The first kappa shape index (κ1) is 15.7. The Morgan fingerprint density at radius 2 is 2.09 bits per heavy atom. The number of benzene rings is 2. The van der Waals surface area contributed by atoms with E-state index in [1.165, 1.54) is 0 Å². The van der Waals surface area contributed by atoms with Crippen LogP contribution < -0.4 is 14.4 Å². The van der Waals surface area contributed by atoms with Gasteiger partial charge in [-0.3, -0.25) is 4.79 Å². The average Bonchev–Trinajstić information content (AvgIpc) is 2.75. The third kappa shape index (κ3) is 3.29. The second-order valence-corrected chi connectivity index (χ2v) is 6.03. The van der Waals surface area contributed by atoms with Gasteiger partial charge in [0.25, 0.3) is 5.91 Å². The SMILES string of the molecule is CCOc1cccc2c1OCC(=O)N(c1cccc(SC)c1)C2. The van der Waals surface area contributed by atoms with E-state index in [-0.39, 0.29) is 12.5 Å². The first-order valence-corrected chi connectivity index (χ1v) is 8.77. The van der Waals surface area contributed by atoms with Gasteiger partial charge in [-0.2, -0.15) is 0 Å². The van der Waals surface area contributed by atoms with Crippen LogP contribution >= 0.6 is 11.8 Å². The summed E-state index contributed by atoms with van der Waals surface area (Å²) in [5.74, 6) is 1.31. The molecule has 0 saturated carbocycles. The Labute approximate surface area is 140 Å². The zero-order valence-electron chi connectivity index (χ0n) is 13.2. The average molecular weight is 329 g/mol. The molecular weight excluding hydrogens is 310 g/mol. The maximum absolute atomic E-state index is 12.5. The highest BCUT2D eigenvalue weighted by atomic mass is 32.2. The first-order valence-electron chi connectivity index (χ1n) is 7.55. The molecule has 2 aromatic rings. The number of carbonyl (C=O) groups is 1. The smallest absolute Gasteiger partial charge is 0.265 e. The van der Waals surface area contributed by atoms with Gasteiger partial charge in [-0.15, -0.1) is 11.8 Å². The summed E-state index contributed by atoms with van der Waals surface area (Å²) in [4.78, 5) is 15.4. The molecule has 3 rings (SSSR count). The molecule has 1 aliphatic rings. The van der Waals surface area contributed by atoms with Gasteiger partial charge in [-0.25, -0.2) is 0 Å². The highest BCUT2D eigenvalue weighted by Crippen LogP contribution is 2.35. The summed E-state index contributed by atoms with van der Waals surface area (Å²) in [6, 6.07) is 13.8. The zero-order valence-corrected chi connectivity index (χ0v) is 14.1. The number of amides is 1. The summed E-state index contributed by atoms with van der Waals surface area (Å²) >= 11 is 1.66. The monoisotopic (exact) mass is 329 g/mol. The fraction of sp³-hybridized carbons (Fsp3) is 0.278. The molecule has 23 heavy (non-hydrogen) atoms. The lowest BCUT2D eigenvalue weighted by Gasteiger charge is -2.20. The molecular formula is C18H19NO3S. The highest BCUT2D eigenvalue weighted by molar-refractivity contribution is 7.98. The molecule has 0 N–H and O–H groups in total. The summed E-state index contributed by atoms with van der Waals surface area (Å²) < 4.78 is 11.3. The van der Waals surface area contributed by atoms with E-state index in [2.05, 4.69) is 0 Å². The molecule has 0 fully saturated rings. The molecule has 0 aromatic heterocycles.